The van der Waals surface area contributed by atoms with Crippen LogP contribution in [-0.4, -0.2) is 44.3 Å². The quantitative estimate of drug-likeness (QED) is 0.848. The lowest BCUT2D eigenvalue weighted by molar-refractivity contribution is 0.178. The Kier molecular flexibility index (Phi) is 9.40. The van der Waals surface area contributed by atoms with E-state index in [1.165, 1.54) is 5.56 Å². The van der Waals surface area contributed by atoms with Gasteiger partial charge in [0, 0.05) is 45.3 Å². The number of halogens is 2. The number of hydrogen-bond donors (Lipinski definition) is 1. The molecule has 0 aromatic heterocycles. The molecule has 0 saturated carbocycles. The second-order valence-corrected chi connectivity index (χ2v) is 4.79. The molecular formula is C14H24Cl2N2O. The normalized spacial score (nSPS) is 22.6. The third-order valence-corrected chi connectivity index (χ3v) is 3.49. The van der Waals surface area contributed by atoms with Crippen LogP contribution in [0.4, 0.5) is 0 Å². The molecule has 1 aliphatic heterocycles. The summed E-state index contributed by atoms with van der Waals surface area (Å²) in [7, 11) is 1.75. The van der Waals surface area contributed by atoms with Crippen molar-refractivity contribution in [2.45, 2.75) is 18.4 Å². The largest absolute Gasteiger partial charge is 0.385 e. The fourth-order valence-corrected chi connectivity index (χ4v) is 2.58. The van der Waals surface area contributed by atoms with Gasteiger partial charge in [0.2, 0.25) is 0 Å². The van der Waals surface area contributed by atoms with Crippen molar-refractivity contribution in [3.8, 4) is 0 Å². The maximum absolute atomic E-state index is 6.23. The maximum atomic E-state index is 6.23. The standard InChI is InChI=1S/C14H22N2O.2ClH/c1-17-9-5-8-16-10-13(14(15)11-16)12-6-3-2-4-7-12;;/h2-4,6-7,13-14H,5,8-11,15H2,1H3;2*1H/t13-,14+;;/m1../s1. The van der Waals surface area contributed by atoms with Crippen molar-refractivity contribution >= 4 is 24.8 Å². The molecule has 0 radical (unpaired) electrons. The number of benzene rings is 1. The molecule has 0 amide bonds. The molecule has 0 spiro atoms. The molecule has 1 aromatic rings. The van der Waals surface area contributed by atoms with E-state index in [0.717, 1.165) is 32.7 Å². The zero-order valence-corrected chi connectivity index (χ0v) is 13.0. The summed E-state index contributed by atoms with van der Waals surface area (Å²) in [6, 6.07) is 10.9. The lowest BCUT2D eigenvalue weighted by Crippen LogP contribution is -2.29. The van der Waals surface area contributed by atoms with Crippen LogP contribution in [0.1, 0.15) is 17.9 Å². The summed E-state index contributed by atoms with van der Waals surface area (Å²) in [5.41, 5.74) is 7.60. The van der Waals surface area contributed by atoms with Crippen LogP contribution in [0.15, 0.2) is 30.3 Å². The van der Waals surface area contributed by atoms with Crippen LogP contribution in [-0.2, 0) is 4.74 Å². The molecule has 3 nitrogen and oxygen atoms in total. The predicted octanol–water partition coefficient (Wildman–Crippen LogP) is 2.29. The maximum Gasteiger partial charge on any atom is 0.0474 e. The Morgan fingerprint density at radius 2 is 1.89 bits per heavy atom. The monoisotopic (exact) mass is 306 g/mol. The van der Waals surface area contributed by atoms with Gasteiger partial charge < -0.3 is 15.4 Å². The molecule has 1 aliphatic rings. The van der Waals surface area contributed by atoms with Crippen LogP contribution < -0.4 is 5.73 Å². The van der Waals surface area contributed by atoms with Crippen molar-refractivity contribution < 1.29 is 4.74 Å². The van der Waals surface area contributed by atoms with Gasteiger partial charge in [-0.3, -0.25) is 0 Å². The molecule has 2 N–H and O–H groups in total. The second-order valence-electron chi connectivity index (χ2n) is 4.79. The molecule has 0 bridgehead atoms. The van der Waals surface area contributed by atoms with E-state index in [-0.39, 0.29) is 30.9 Å². The fraction of sp³-hybridized carbons (Fsp3) is 0.571. The molecule has 5 heteroatoms. The summed E-state index contributed by atoms with van der Waals surface area (Å²) < 4.78 is 5.08. The van der Waals surface area contributed by atoms with E-state index in [1.54, 1.807) is 7.11 Å². The second kappa shape index (κ2) is 9.56. The molecule has 1 saturated heterocycles. The van der Waals surface area contributed by atoms with Gasteiger partial charge in [0.15, 0.2) is 0 Å². The summed E-state index contributed by atoms with van der Waals surface area (Å²) in [4.78, 5) is 2.45. The van der Waals surface area contributed by atoms with Gasteiger partial charge in [0.1, 0.15) is 0 Å². The van der Waals surface area contributed by atoms with E-state index >= 15 is 0 Å². The van der Waals surface area contributed by atoms with Crippen LogP contribution in [0.25, 0.3) is 0 Å². The SMILES string of the molecule is COCCCN1C[C@H](c2ccccc2)[C@@H](N)C1.Cl.Cl. The van der Waals surface area contributed by atoms with Crippen LogP contribution >= 0.6 is 24.8 Å². The minimum atomic E-state index is 0. The molecule has 2 atom stereocenters. The highest BCUT2D eigenvalue weighted by Gasteiger charge is 2.30. The van der Waals surface area contributed by atoms with Crippen molar-refractivity contribution in [3.63, 3.8) is 0 Å². The van der Waals surface area contributed by atoms with Crippen molar-refractivity contribution in [3.05, 3.63) is 35.9 Å². The zero-order chi connectivity index (χ0) is 12.1. The lowest BCUT2D eigenvalue weighted by Gasteiger charge is -2.15. The van der Waals surface area contributed by atoms with E-state index in [0.29, 0.717) is 5.92 Å². The Bertz CT molecular complexity index is 337. The molecule has 1 heterocycles. The van der Waals surface area contributed by atoms with Gasteiger partial charge in [0.05, 0.1) is 0 Å². The first-order chi connectivity index (χ1) is 8.31. The van der Waals surface area contributed by atoms with Gasteiger partial charge in [-0.2, -0.15) is 0 Å². The van der Waals surface area contributed by atoms with E-state index < -0.39 is 0 Å². The highest BCUT2D eigenvalue weighted by Crippen LogP contribution is 2.26. The zero-order valence-electron chi connectivity index (χ0n) is 11.3. The summed E-state index contributed by atoms with van der Waals surface area (Å²) >= 11 is 0. The summed E-state index contributed by atoms with van der Waals surface area (Å²) in [5.74, 6) is 0.485. The lowest BCUT2D eigenvalue weighted by atomic mass is 9.95. The minimum Gasteiger partial charge on any atom is -0.385 e. The highest BCUT2D eigenvalue weighted by atomic mass is 35.5. The first kappa shape index (κ1) is 18.7. The summed E-state index contributed by atoms with van der Waals surface area (Å²) in [6.07, 6.45) is 1.09. The van der Waals surface area contributed by atoms with E-state index in [2.05, 4.69) is 35.2 Å². The van der Waals surface area contributed by atoms with Crippen molar-refractivity contribution in [1.82, 2.24) is 4.90 Å². The van der Waals surface area contributed by atoms with Crippen molar-refractivity contribution in [2.75, 3.05) is 33.4 Å². The van der Waals surface area contributed by atoms with Gasteiger partial charge in [-0.1, -0.05) is 30.3 Å². The van der Waals surface area contributed by atoms with E-state index in [4.69, 9.17) is 10.5 Å². The van der Waals surface area contributed by atoms with Gasteiger partial charge in [-0.05, 0) is 12.0 Å². The summed E-state index contributed by atoms with van der Waals surface area (Å²) in [6.45, 7) is 4.00. The fourth-order valence-electron chi connectivity index (χ4n) is 2.58. The van der Waals surface area contributed by atoms with Crippen LogP contribution in [0.3, 0.4) is 0 Å². The Morgan fingerprint density at radius 1 is 1.21 bits per heavy atom. The van der Waals surface area contributed by atoms with E-state index in [1.807, 2.05) is 0 Å². The van der Waals surface area contributed by atoms with Crippen molar-refractivity contribution in [2.24, 2.45) is 5.73 Å². The Balaban J connectivity index is 0.00000162. The molecule has 0 unspecified atom stereocenters. The average molecular weight is 307 g/mol. The molecule has 19 heavy (non-hydrogen) atoms. The number of methoxy groups -OCH3 is 1. The van der Waals surface area contributed by atoms with Gasteiger partial charge >= 0.3 is 0 Å². The molecule has 110 valence electrons. The molecule has 2 rings (SSSR count). The Morgan fingerprint density at radius 3 is 2.53 bits per heavy atom. The number of likely N-dealkylation sites (tertiary alicyclic amines) is 1. The topological polar surface area (TPSA) is 38.5 Å². The van der Waals surface area contributed by atoms with Crippen LogP contribution in [0, 0.1) is 0 Å². The number of ether oxygens (including phenoxy) is 1. The van der Waals surface area contributed by atoms with Crippen LogP contribution in [0.2, 0.25) is 0 Å². The first-order valence-electron chi connectivity index (χ1n) is 6.33. The Labute approximate surface area is 128 Å². The predicted molar refractivity (Wildman–Crippen MR) is 84.6 cm³/mol. The molecule has 1 aromatic carbocycles. The van der Waals surface area contributed by atoms with Crippen molar-refractivity contribution in [1.29, 1.82) is 0 Å². The number of hydrogen-bond acceptors (Lipinski definition) is 3. The summed E-state index contributed by atoms with van der Waals surface area (Å²) in [5, 5.41) is 0. The third-order valence-electron chi connectivity index (χ3n) is 3.49. The van der Waals surface area contributed by atoms with Crippen LogP contribution in [0.5, 0.6) is 0 Å². The smallest absolute Gasteiger partial charge is 0.0474 e. The molecule has 0 aliphatic carbocycles. The van der Waals surface area contributed by atoms with Gasteiger partial charge in [0.25, 0.3) is 0 Å². The highest BCUT2D eigenvalue weighted by molar-refractivity contribution is 5.85. The number of nitrogens with two attached hydrogens (primary N) is 1. The van der Waals surface area contributed by atoms with Gasteiger partial charge in [-0.25, -0.2) is 0 Å². The van der Waals surface area contributed by atoms with Gasteiger partial charge in [-0.15, -0.1) is 24.8 Å². The average Bonchev–Trinajstić information content (AvgIpc) is 2.72. The number of nitrogens with zero attached hydrogens (tertiary/aromatic N) is 1. The Hall–Kier alpha value is -0.320. The minimum absolute atomic E-state index is 0. The molecular weight excluding hydrogens is 283 g/mol. The number of rotatable bonds is 5. The first-order valence-corrected chi connectivity index (χ1v) is 6.33. The molecule has 1 fully saturated rings. The van der Waals surface area contributed by atoms with E-state index in [9.17, 15) is 0 Å². The third kappa shape index (κ3) is 5.28.